The molecule has 0 fully saturated rings. The fourth-order valence-corrected chi connectivity index (χ4v) is 2.67. The summed E-state index contributed by atoms with van der Waals surface area (Å²) in [6, 6.07) is -0.372. The normalized spacial score (nSPS) is 12.8. The zero-order valence-electron chi connectivity index (χ0n) is 12.3. The number of alkyl halides is 1. The lowest BCUT2D eigenvalue weighted by Crippen LogP contribution is -2.29. The molecule has 7 heteroatoms. The number of amides is 1. The van der Waals surface area contributed by atoms with E-state index in [1.807, 2.05) is 18.5 Å². The van der Waals surface area contributed by atoms with Gasteiger partial charge in [-0.25, -0.2) is 4.98 Å². The molecule has 6 nitrogen and oxygen atoms in total. The quantitative estimate of drug-likeness (QED) is 0.856. The summed E-state index contributed by atoms with van der Waals surface area (Å²) in [5.74, 6) is 0.888. The van der Waals surface area contributed by atoms with Gasteiger partial charge in [0.2, 0.25) is 5.91 Å². The van der Waals surface area contributed by atoms with Gasteiger partial charge < -0.3 is 5.32 Å². The lowest BCUT2D eigenvalue weighted by Gasteiger charge is -2.15. The Morgan fingerprint density at radius 2 is 2.20 bits per heavy atom. The molecule has 1 unspecified atom stereocenters. The molecule has 0 aliphatic rings. The van der Waals surface area contributed by atoms with Crippen molar-refractivity contribution in [3.63, 3.8) is 0 Å². The minimum absolute atomic E-state index is 0.0751. The minimum Gasteiger partial charge on any atom is -0.357 e. The molecule has 2 aromatic heterocycles. The van der Waals surface area contributed by atoms with Crippen LogP contribution in [0.25, 0.3) is 11.2 Å². The maximum Gasteiger partial charge on any atom is 0.242 e. The van der Waals surface area contributed by atoms with E-state index in [-0.39, 0.29) is 17.8 Å². The average molecular weight is 298 g/mol. The van der Waals surface area contributed by atoms with Crippen molar-refractivity contribution in [3.05, 3.63) is 11.5 Å². The second kappa shape index (κ2) is 5.83. The lowest BCUT2D eigenvalue weighted by atomic mass is 10.2. The second-order valence-corrected chi connectivity index (χ2v) is 5.08. The minimum atomic E-state index is -0.372. The van der Waals surface area contributed by atoms with Crippen molar-refractivity contribution in [1.29, 1.82) is 0 Å². The molecule has 0 spiro atoms. The third kappa shape index (κ3) is 2.28. The molecule has 2 aromatic rings. The number of nitrogens with one attached hydrogen (secondary N) is 1. The highest BCUT2D eigenvalue weighted by Gasteiger charge is 2.24. The molecule has 0 aliphatic heterocycles. The molecule has 0 aliphatic carbocycles. The van der Waals surface area contributed by atoms with Gasteiger partial charge in [-0.2, -0.15) is 5.10 Å². The number of aryl methyl sites for hydroxylation is 2. The van der Waals surface area contributed by atoms with Crippen LogP contribution in [0.15, 0.2) is 0 Å². The molecule has 0 saturated heterocycles. The zero-order valence-corrected chi connectivity index (χ0v) is 13.0. The van der Waals surface area contributed by atoms with E-state index in [2.05, 4.69) is 22.3 Å². The van der Waals surface area contributed by atoms with Crippen molar-refractivity contribution >= 4 is 28.7 Å². The first-order valence-electron chi connectivity index (χ1n) is 6.75. The molecule has 0 radical (unpaired) electrons. The number of nitrogens with zero attached hydrogens (tertiary/aromatic N) is 4. The van der Waals surface area contributed by atoms with Crippen LogP contribution in [0.4, 0.5) is 0 Å². The Morgan fingerprint density at radius 1 is 1.50 bits per heavy atom. The monoisotopic (exact) mass is 297 g/mol. The molecule has 110 valence electrons. The van der Waals surface area contributed by atoms with E-state index in [0.717, 1.165) is 29.7 Å². The van der Waals surface area contributed by atoms with E-state index in [4.69, 9.17) is 11.6 Å². The summed E-state index contributed by atoms with van der Waals surface area (Å²) in [6.45, 7) is 3.94. The van der Waals surface area contributed by atoms with Gasteiger partial charge in [0.1, 0.15) is 17.4 Å². The maximum absolute atomic E-state index is 11.9. The summed E-state index contributed by atoms with van der Waals surface area (Å²) in [4.78, 5) is 16.5. The number of carbonyl (C=O) groups is 1. The van der Waals surface area contributed by atoms with E-state index in [0.29, 0.717) is 5.82 Å². The van der Waals surface area contributed by atoms with Gasteiger partial charge >= 0.3 is 0 Å². The molecular weight excluding hydrogens is 278 g/mol. The first kappa shape index (κ1) is 14.8. The SMILES string of the molecule is CCCc1nn(C)c2c1nc(CCl)n2C(C)C(=O)NC. The standard InChI is InChI=1S/C13H20ClN5O/c1-5-6-9-11-13(18(4)17-9)19(10(7-14)16-11)8(2)12(20)15-3/h8H,5-7H2,1-4H3,(H,15,20). The van der Waals surface area contributed by atoms with E-state index >= 15 is 0 Å². The fourth-order valence-electron chi connectivity index (χ4n) is 2.48. The van der Waals surface area contributed by atoms with E-state index in [9.17, 15) is 4.79 Å². The van der Waals surface area contributed by atoms with Crippen LogP contribution in [0.5, 0.6) is 0 Å². The van der Waals surface area contributed by atoms with Gasteiger partial charge in [0, 0.05) is 14.1 Å². The summed E-state index contributed by atoms with van der Waals surface area (Å²) in [7, 11) is 3.49. The van der Waals surface area contributed by atoms with Crippen LogP contribution in [-0.2, 0) is 24.1 Å². The first-order valence-corrected chi connectivity index (χ1v) is 7.28. The topological polar surface area (TPSA) is 64.7 Å². The van der Waals surface area contributed by atoms with Crippen molar-refractivity contribution in [2.45, 2.75) is 38.6 Å². The fraction of sp³-hybridized carbons (Fsp3) is 0.615. The summed E-state index contributed by atoms with van der Waals surface area (Å²) < 4.78 is 3.65. The number of hydrogen-bond acceptors (Lipinski definition) is 3. The van der Waals surface area contributed by atoms with Gasteiger partial charge in [-0.05, 0) is 13.3 Å². The number of halogens is 1. The van der Waals surface area contributed by atoms with Crippen LogP contribution in [-0.4, -0.2) is 32.3 Å². The predicted molar refractivity (Wildman–Crippen MR) is 78.8 cm³/mol. The number of imidazole rings is 1. The molecule has 20 heavy (non-hydrogen) atoms. The molecule has 1 amide bonds. The van der Waals surface area contributed by atoms with Crippen molar-refractivity contribution < 1.29 is 4.79 Å². The second-order valence-electron chi connectivity index (χ2n) is 4.81. The number of rotatable bonds is 5. The zero-order chi connectivity index (χ0) is 14.9. The van der Waals surface area contributed by atoms with E-state index < -0.39 is 0 Å². The van der Waals surface area contributed by atoms with Crippen LogP contribution in [0, 0.1) is 0 Å². The molecule has 1 atom stereocenters. The third-order valence-electron chi connectivity index (χ3n) is 3.43. The number of aromatic nitrogens is 4. The van der Waals surface area contributed by atoms with Crippen LogP contribution in [0.1, 0.15) is 37.8 Å². The Morgan fingerprint density at radius 3 is 2.75 bits per heavy atom. The van der Waals surface area contributed by atoms with Crippen LogP contribution in [0.3, 0.4) is 0 Å². The Balaban J connectivity index is 2.65. The molecule has 2 rings (SSSR count). The van der Waals surface area contributed by atoms with Gasteiger partial charge in [0.05, 0.1) is 11.6 Å². The Bertz CT molecular complexity index is 630. The molecular formula is C13H20ClN5O. The van der Waals surface area contributed by atoms with Crippen LogP contribution < -0.4 is 5.32 Å². The lowest BCUT2D eigenvalue weighted by molar-refractivity contribution is -0.123. The molecule has 2 heterocycles. The Kier molecular flexibility index (Phi) is 4.32. The van der Waals surface area contributed by atoms with Gasteiger partial charge in [-0.3, -0.25) is 14.0 Å². The number of carbonyl (C=O) groups excluding carboxylic acids is 1. The highest BCUT2D eigenvalue weighted by Crippen LogP contribution is 2.25. The van der Waals surface area contributed by atoms with Crippen molar-refractivity contribution in [3.8, 4) is 0 Å². The van der Waals surface area contributed by atoms with Crippen molar-refractivity contribution in [1.82, 2.24) is 24.6 Å². The smallest absolute Gasteiger partial charge is 0.242 e. The van der Waals surface area contributed by atoms with Gasteiger partial charge in [-0.1, -0.05) is 13.3 Å². The Labute approximate surface area is 123 Å². The first-order chi connectivity index (χ1) is 9.54. The van der Waals surface area contributed by atoms with Crippen LogP contribution in [0.2, 0.25) is 0 Å². The van der Waals surface area contributed by atoms with Crippen molar-refractivity contribution in [2.75, 3.05) is 7.05 Å². The molecule has 0 aromatic carbocycles. The molecule has 0 bridgehead atoms. The number of hydrogen-bond donors (Lipinski definition) is 1. The summed E-state index contributed by atoms with van der Waals surface area (Å²) in [5, 5.41) is 7.16. The summed E-state index contributed by atoms with van der Waals surface area (Å²) in [5.41, 5.74) is 2.65. The van der Waals surface area contributed by atoms with Crippen LogP contribution >= 0.6 is 11.6 Å². The van der Waals surface area contributed by atoms with Gasteiger partial charge in [0.15, 0.2) is 5.65 Å². The van der Waals surface area contributed by atoms with Crippen molar-refractivity contribution in [2.24, 2.45) is 7.05 Å². The highest BCUT2D eigenvalue weighted by atomic mass is 35.5. The number of fused-ring (bicyclic) bond motifs is 1. The van der Waals surface area contributed by atoms with Gasteiger partial charge in [-0.15, -0.1) is 11.6 Å². The predicted octanol–water partition coefficient (Wildman–Crippen LogP) is 1.77. The summed E-state index contributed by atoms with van der Waals surface area (Å²) >= 11 is 5.99. The average Bonchev–Trinajstić information content (AvgIpc) is 2.96. The van der Waals surface area contributed by atoms with E-state index in [1.165, 1.54) is 0 Å². The van der Waals surface area contributed by atoms with Gasteiger partial charge in [0.25, 0.3) is 0 Å². The third-order valence-corrected chi connectivity index (χ3v) is 3.67. The maximum atomic E-state index is 11.9. The highest BCUT2D eigenvalue weighted by molar-refractivity contribution is 6.16. The van der Waals surface area contributed by atoms with E-state index in [1.54, 1.807) is 11.7 Å². The number of likely N-dealkylation sites (N-methyl/N-ethyl adjacent to an activating group) is 1. The molecule has 1 N–H and O–H groups in total. The largest absolute Gasteiger partial charge is 0.357 e. The molecule has 0 saturated carbocycles. The summed E-state index contributed by atoms with van der Waals surface area (Å²) in [6.07, 6.45) is 1.87. The Hall–Kier alpha value is -1.56.